The molecule has 0 amide bonds. The first-order valence-corrected chi connectivity index (χ1v) is 2.44. The summed E-state index contributed by atoms with van der Waals surface area (Å²) in [6.45, 7) is 0. The Morgan fingerprint density at radius 3 is 2.00 bits per heavy atom. The molecule has 9 heavy (non-hydrogen) atoms. The van der Waals surface area contributed by atoms with Crippen LogP contribution in [-0.4, -0.2) is 29.3 Å². The minimum absolute atomic E-state index is 0. The molecule has 0 unspecified atom stereocenters. The number of rotatable bonds is 1. The van der Waals surface area contributed by atoms with Crippen LogP contribution in [0.4, 0.5) is 0 Å². The molecule has 0 N–H and O–H groups in total. The second kappa shape index (κ2) is 4.53. The van der Waals surface area contributed by atoms with Crippen LogP contribution in [0.5, 0.6) is 0 Å². The monoisotopic (exact) mass is 132 g/mol. The summed E-state index contributed by atoms with van der Waals surface area (Å²) in [6.07, 6.45) is 0.833. The van der Waals surface area contributed by atoms with Gasteiger partial charge < -0.3 is 0 Å². The normalized spacial score (nSPS) is 7.56. The lowest BCUT2D eigenvalue weighted by atomic mass is 10.2. The Morgan fingerprint density at radius 2 is 1.67 bits per heavy atom. The van der Waals surface area contributed by atoms with E-state index in [1.165, 1.54) is 0 Å². The molecule has 2 heteroatoms. The molecule has 0 aliphatic heterocycles. The van der Waals surface area contributed by atoms with Gasteiger partial charge in [0, 0.05) is 5.56 Å². The van der Waals surface area contributed by atoms with Crippen LogP contribution in [0, 0.1) is 0 Å². The predicted octanol–water partition coefficient (Wildman–Crippen LogP) is 0.583. The predicted molar refractivity (Wildman–Crippen MR) is 40.4 cm³/mol. The fourth-order valence-corrected chi connectivity index (χ4v) is 0.532. The van der Waals surface area contributed by atoms with E-state index in [4.69, 9.17) is 0 Å². The molecule has 1 aromatic rings. The first-order chi connectivity index (χ1) is 3.93. The molecule has 0 fully saturated rings. The van der Waals surface area contributed by atoms with E-state index in [2.05, 4.69) is 0 Å². The Hall–Kier alpha value is -0.344. The highest BCUT2D eigenvalue weighted by molar-refractivity contribution is 5.75. The quantitative estimate of drug-likeness (QED) is 0.404. The van der Waals surface area contributed by atoms with E-state index in [-0.39, 0.29) is 23.1 Å². The molecular formula is C7H8MgO. The Labute approximate surface area is 70.2 Å². The molecule has 1 rings (SSSR count). The molecule has 44 valence electrons. The van der Waals surface area contributed by atoms with E-state index in [9.17, 15) is 4.79 Å². The van der Waals surface area contributed by atoms with Crippen molar-refractivity contribution in [3.63, 3.8) is 0 Å². The van der Waals surface area contributed by atoms with Gasteiger partial charge in [-0.2, -0.15) is 0 Å². The van der Waals surface area contributed by atoms with E-state index in [0.29, 0.717) is 0 Å². The highest BCUT2D eigenvalue weighted by Gasteiger charge is 1.79. The summed E-state index contributed by atoms with van der Waals surface area (Å²) in [5.41, 5.74) is 0.729. The Morgan fingerprint density at radius 1 is 1.11 bits per heavy atom. The lowest BCUT2D eigenvalue weighted by molar-refractivity contribution is 0.112. The smallest absolute Gasteiger partial charge is 0.298 e. The van der Waals surface area contributed by atoms with E-state index in [1.807, 2.05) is 18.2 Å². The number of hydrogen-bond acceptors (Lipinski definition) is 1. The van der Waals surface area contributed by atoms with Crippen LogP contribution in [0.25, 0.3) is 0 Å². The third kappa shape index (κ3) is 2.63. The topological polar surface area (TPSA) is 17.1 Å². The van der Waals surface area contributed by atoms with Crippen molar-refractivity contribution in [3.05, 3.63) is 35.9 Å². The molecule has 0 atom stereocenters. The van der Waals surface area contributed by atoms with Crippen LogP contribution >= 0.6 is 0 Å². The molecule has 0 saturated carbocycles. The summed E-state index contributed by atoms with van der Waals surface area (Å²) in [5, 5.41) is 0. The van der Waals surface area contributed by atoms with Crippen molar-refractivity contribution in [1.82, 2.24) is 0 Å². The van der Waals surface area contributed by atoms with Crippen molar-refractivity contribution in [2.24, 2.45) is 0 Å². The van der Waals surface area contributed by atoms with E-state index in [0.717, 1.165) is 11.8 Å². The average molecular weight is 132 g/mol. The van der Waals surface area contributed by atoms with Gasteiger partial charge in [-0.3, -0.25) is 4.79 Å². The van der Waals surface area contributed by atoms with Crippen LogP contribution in [0.2, 0.25) is 0 Å². The van der Waals surface area contributed by atoms with Crippen molar-refractivity contribution in [1.29, 1.82) is 0 Å². The van der Waals surface area contributed by atoms with Gasteiger partial charge in [-0.1, -0.05) is 30.3 Å². The maximum Gasteiger partial charge on any atom is 0.316 e. The summed E-state index contributed by atoms with van der Waals surface area (Å²) in [6, 6.07) is 9.10. The number of aldehydes is 1. The minimum atomic E-state index is 0. The third-order valence-electron chi connectivity index (χ3n) is 0.936. The highest BCUT2D eigenvalue weighted by atomic mass is 24.3. The second-order valence-corrected chi connectivity index (χ2v) is 1.53. The zero-order valence-electron chi connectivity index (χ0n) is 4.37. The first kappa shape index (κ1) is 8.66. The lowest BCUT2D eigenvalue weighted by Gasteiger charge is -1.81. The summed E-state index contributed by atoms with van der Waals surface area (Å²) >= 11 is 0. The molecule has 0 aliphatic carbocycles. The van der Waals surface area contributed by atoms with Crippen LogP contribution in [0.15, 0.2) is 30.3 Å². The van der Waals surface area contributed by atoms with Gasteiger partial charge in [0.1, 0.15) is 6.29 Å². The van der Waals surface area contributed by atoms with Crippen LogP contribution in [0.3, 0.4) is 0 Å². The highest BCUT2D eigenvalue weighted by Crippen LogP contribution is 1.91. The van der Waals surface area contributed by atoms with Gasteiger partial charge in [0.25, 0.3) is 0 Å². The molecule has 0 heterocycles. The number of carbonyl (C=O) groups excluding carboxylic acids is 1. The van der Waals surface area contributed by atoms with E-state index >= 15 is 0 Å². The third-order valence-corrected chi connectivity index (χ3v) is 0.936. The zero-order chi connectivity index (χ0) is 5.82. The standard InChI is InChI=1S/C7H6O.Mg.2H/c8-6-7-4-2-1-3-5-7;;;/h1-6H;;;. The van der Waals surface area contributed by atoms with Gasteiger partial charge in [-0.25, -0.2) is 0 Å². The van der Waals surface area contributed by atoms with Crippen molar-refractivity contribution in [3.8, 4) is 0 Å². The average Bonchev–Trinajstić information content (AvgIpc) is 1.90. The molecule has 0 saturated heterocycles. The molecule has 1 aromatic carbocycles. The Balaban J connectivity index is 0.000000640. The summed E-state index contributed by atoms with van der Waals surface area (Å²) in [5.74, 6) is 0. The maximum atomic E-state index is 10.0. The first-order valence-electron chi connectivity index (χ1n) is 2.44. The molecule has 0 bridgehead atoms. The van der Waals surface area contributed by atoms with Crippen molar-refractivity contribution in [2.45, 2.75) is 0 Å². The summed E-state index contributed by atoms with van der Waals surface area (Å²) in [4.78, 5) is 10.0. The van der Waals surface area contributed by atoms with Gasteiger partial charge >= 0.3 is 23.1 Å². The zero-order valence-corrected chi connectivity index (χ0v) is 4.37. The van der Waals surface area contributed by atoms with Gasteiger partial charge in [0.05, 0.1) is 0 Å². The van der Waals surface area contributed by atoms with Gasteiger partial charge in [-0.15, -0.1) is 0 Å². The molecule has 0 aromatic heterocycles. The van der Waals surface area contributed by atoms with Crippen molar-refractivity contribution in [2.75, 3.05) is 0 Å². The Bertz CT molecular complexity index is 172. The fraction of sp³-hybridized carbons (Fsp3) is 0. The number of hydrogen-bond donors (Lipinski definition) is 0. The molecule has 0 spiro atoms. The fourth-order valence-electron chi connectivity index (χ4n) is 0.532. The molecular weight excluding hydrogens is 124 g/mol. The number of benzene rings is 1. The molecule has 0 radical (unpaired) electrons. The van der Waals surface area contributed by atoms with Gasteiger partial charge in [-0.05, 0) is 0 Å². The maximum absolute atomic E-state index is 10.0. The van der Waals surface area contributed by atoms with Gasteiger partial charge in [0.15, 0.2) is 0 Å². The van der Waals surface area contributed by atoms with E-state index in [1.54, 1.807) is 12.1 Å². The minimum Gasteiger partial charge on any atom is -0.298 e. The van der Waals surface area contributed by atoms with Crippen molar-refractivity contribution >= 4 is 29.3 Å². The van der Waals surface area contributed by atoms with Crippen LogP contribution in [-0.2, 0) is 0 Å². The Kier molecular flexibility index (Phi) is 4.35. The van der Waals surface area contributed by atoms with Crippen molar-refractivity contribution < 1.29 is 4.79 Å². The van der Waals surface area contributed by atoms with Gasteiger partial charge in [0.2, 0.25) is 0 Å². The van der Waals surface area contributed by atoms with E-state index < -0.39 is 0 Å². The second-order valence-electron chi connectivity index (χ2n) is 1.53. The number of carbonyl (C=O) groups is 1. The molecule has 1 nitrogen and oxygen atoms in total. The summed E-state index contributed by atoms with van der Waals surface area (Å²) < 4.78 is 0. The lowest BCUT2D eigenvalue weighted by Crippen LogP contribution is -1.73. The van der Waals surface area contributed by atoms with Crippen LogP contribution in [0.1, 0.15) is 10.4 Å². The van der Waals surface area contributed by atoms with Crippen LogP contribution < -0.4 is 0 Å². The summed E-state index contributed by atoms with van der Waals surface area (Å²) in [7, 11) is 0. The molecule has 0 aliphatic rings. The largest absolute Gasteiger partial charge is 0.316 e. The SMILES string of the molecule is O=Cc1ccccc1.[MgH2].